The van der Waals surface area contributed by atoms with Crippen LogP contribution in [0.3, 0.4) is 0 Å². The summed E-state index contributed by atoms with van der Waals surface area (Å²) < 4.78 is 5.82. The normalized spacial score (nSPS) is 44.0. The SMILES string of the molecule is O=C(OC1CCNCC2(COO2)C1)C1CCNCC2(COO2)C1. The molecular formula is C15H24N2O6. The van der Waals surface area contributed by atoms with Gasteiger partial charge in [-0.15, -0.1) is 0 Å². The Labute approximate surface area is 135 Å². The van der Waals surface area contributed by atoms with Gasteiger partial charge in [0.05, 0.1) is 5.92 Å². The molecule has 4 saturated heterocycles. The minimum absolute atomic E-state index is 0.132. The fraction of sp³-hybridized carbons (Fsp3) is 0.933. The van der Waals surface area contributed by atoms with Crippen molar-refractivity contribution in [2.75, 3.05) is 39.4 Å². The summed E-state index contributed by atoms with van der Waals surface area (Å²) in [5.41, 5.74) is -0.698. The summed E-state index contributed by atoms with van der Waals surface area (Å²) in [5, 5.41) is 6.63. The van der Waals surface area contributed by atoms with Crippen molar-refractivity contribution in [2.45, 2.75) is 43.0 Å². The van der Waals surface area contributed by atoms with E-state index in [-0.39, 0.29) is 29.2 Å². The Kier molecular flexibility index (Phi) is 4.29. The van der Waals surface area contributed by atoms with Gasteiger partial charge >= 0.3 is 5.97 Å². The van der Waals surface area contributed by atoms with Crippen molar-refractivity contribution in [3.63, 3.8) is 0 Å². The molecule has 2 spiro atoms. The Bertz CT molecular complexity index is 451. The minimum atomic E-state index is -0.364. The fourth-order valence-corrected chi connectivity index (χ4v) is 3.74. The molecule has 4 aliphatic heterocycles. The van der Waals surface area contributed by atoms with Gasteiger partial charge < -0.3 is 15.4 Å². The van der Waals surface area contributed by atoms with Crippen molar-refractivity contribution in [1.82, 2.24) is 10.6 Å². The Hall–Kier alpha value is -0.770. The first-order valence-corrected chi connectivity index (χ1v) is 8.42. The lowest BCUT2D eigenvalue weighted by Gasteiger charge is -2.40. The first-order valence-electron chi connectivity index (χ1n) is 8.42. The lowest BCUT2D eigenvalue weighted by atomic mass is 9.89. The summed E-state index contributed by atoms with van der Waals surface area (Å²) in [4.78, 5) is 33.0. The lowest BCUT2D eigenvalue weighted by molar-refractivity contribution is -0.472. The molecule has 4 heterocycles. The first-order chi connectivity index (χ1) is 11.2. The molecule has 8 heteroatoms. The topological polar surface area (TPSA) is 87.3 Å². The van der Waals surface area contributed by atoms with E-state index in [1.807, 2.05) is 0 Å². The van der Waals surface area contributed by atoms with Crippen LogP contribution in [0.5, 0.6) is 0 Å². The number of rotatable bonds is 2. The molecule has 4 atom stereocenters. The van der Waals surface area contributed by atoms with Gasteiger partial charge in [0.1, 0.15) is 30.5 Å². The second kappa shape index (κ2) is 6.27. The maximum atomic E-state index is 12.6. The average molecular weight is 328 g/mol. The molecule has 0 bridgehead atoms. The second-order valence-corrected chi connectivity index (χ2v) is 7.15. The highest BCUT2D eigenvalue weighted by Crippen LogP contribution is 2.34. The van der Waals surface area contributed by atoms with Crippen LogP contribution in [0.15, 0.2) is 0 Å². The number of hydrogen-bond donors (Lipinski definition) is 2. The van der Waals surface area contributed by atoms with Crippen LogP contribution in [0, 0.1) is 5.92 Å². The van der Waals surface area contributed by atoms with Crippen LogP contribution < -0.4 is 10.6 Å². The van der Waals surface area contributed by atoms with Crippen molar-refractivity contribution in [2.24, 2.45) is 5.92 Å². The van der Waals surface area contributed by atoms with Crippen LogP contribution in [-0.4, -0.2) is 62.7 Å². The highest BCUT2D eigenvalue weighted by molar-refractivity contribution is 5.73. The first kappa shape index (κ1) is 15.7. The minimum Gasteiger partial charge on any atom is -0.462 e. The molecule has 4 fully saturated rings. The number of carbonyl (C=O) groups is 1. The van der Waals surface area contributed by atoms with Crippen LogP contribution in [0.1, 0.15) is 25.7 Å². The van der Waals surface area contributed by atoms with Crippen molar-refractivity contribution >= 4 is 5.97 Å². The predicted molar refractivity (Wildman–Crippen MR) is 77.1 cm³/mol. The molecule has 0 amide bonds. The third-order valence-electron chi connectivity index (χ3n) is 5.16. The zero-order chi connectivity index (χ0) is 15.8. The molecule has 0 saturated carbocycles. The van der Waals surface area contributed by atoms with Crippen LogP contribution >= 0.6 is 0 Å². The third kappa shape index (κ3) is 3.24. The maximum absolute atomic E-state index is 12.6. The van der Waals surface area contributed by atoms with Gasteiger partial charge in [0, 0.05) is 19.5 Å². The van der Waals surface area contributed by atoms with E-state index in [4.69, 9.17) is 24.3 Å². The van der Waals surface area contributed by atoms with E-state index in [1.165, 1.54) is 0 Å². The van der Waals surface area contributed by atoms with Crippen LogP contribution in [0.4, 0.5) is 0 Å². The smallest absolute Gasteiger partial charge is 0.309 e. The molecule has 4 unspecified atom stereocenters. The van der Waals surface area contributed by atoms with Gasteiger partial charge in [-0.2, -0.15) is 0 Å². The van der Waals surface area contributed by atoms with Gasteiger partial charge in [-0.05, 0) is 32.4 Å². The maximum Gasteiger partial charge on any atom is 0.309 e. The van der Waals surface area contributed by atoms with Crippen molar-refractivity contribution < 1.29 is 29.1 Å². The number of nitrogens with one attached hydrogen (secondary N) is 2. The zero-order valence-electron chi connectivity index (χ0n) is 13.2. The Morgan fingerprint density at radius 2 is 1.57 bits per heavy atom. The summed E-state index contributed by atoms with van der Waals surface area (Å²) in [6.45, 7) is 4.15. The summed E-state index contributed by atoms with van der Waals surface area (Å²) in [6.07, 6.45) is 2.76. The summed E-state index contributed by atoms with van der Waals surface area (Å²) >= 11 is 0. The molecule has 130 valence electrons. The zero-order valence-corrected chi connectivity index (χ0v) is 13.2. The Morgan fingerprint density at radius 1 is 0.957 bits per heavy atom. The van der Waals surface area contributed by atoms with Gasteiger partial charge in [0.15, 0.2) is 0 Å². The Balaban J connectivity index is 1.36. The summed E-state index contributed by atoms with van der Waals surface area (Å²) in [6, 6.07) is 0. The van der Waals surface area contributed by atoms with Crippen LogP contribution in [0.25, 0.3) is 0 Å². The third-order valence-corrected chi connectivity index (χ3v) is 5.16. The highest BCUT2D eigenvalue weighted by atomic mass is 17.3. The van der Waals surface area contributed by atoms with E-state index in [9.17, 15) is 4.79 Å². The van der Waals surface area contributed by atoms with Gasteiger partial charge in [-0.3, -0.25) is 4.79 Å². The lowest BCUT2D eigenvalue weighted by Crippen LogP contribution is -2.55. The predicted octanol–water partition coefficient (Wildman–Crippen LogP) is -0.318. The second-order valence-electron chi connectivity index (χ2n) is 7.15. The molecule has 0 aromatic rings. The molecule has 0 aliphatic carbocycles. The Morgan fingerprint density at radius 3 is 2.17 bits per heavy atom. The molecule has 0 aromatic carbocycles. The highest BCUT2D eigenvalue weighted by Gasteiger charge is 2.48. The molecule has 4 aliphatic rings. The van der Waals surface area contributed by atoms with Crippen molar-refractivity contribution in [1.29, 1.82) is 0 Å². The molecular weight excluding hydrogens is 304 g/mol. The quantitative estimate of drug-likeness (QED) is 0.527. The molecule has 8 nitrogen and oxygen atoms in total. The van der Waals surface area contributed by atoms with Gasteiger partial charge in [-0.25, -0.2) is 19.6 Å². The summed E-state index contributed by atoms with van der Waals surface area (Å²) in [5.74, 6) is -0.287. The van der Waals surface area contributed by atoms with Crippen molar-refractivity contribution in [3.8, 4) is 0 Å². The van der Waals surface area contributed by atoms with E-state index in [0.717, 1.165) is 39.0 Å². The van der Waals surface area contributed by atoms with Gasteiger partial charge in [0.2, 0.25) is 0 Å². The number of ether oxygens (including phenoxy) is 1. The van der Waals surface area contributed by atoms with Crippen molar-refractivity contribution in [3.05, 3.63) is 0 Å². The number of esters is 1. The van der Waals surface area contributed by atoms with E-state index >= 15 is 0 Å². The molecule has 0 aromatic heterocycles. The number of hydrogen-bond acceptors (Lipinski definition) is 8. The summed E-state index contributed by atoms with van der Waals surface area (Å²) in [7, 11) is 0. The van der Waals surface area contributed by atoms with E-state index in [1.54, 1.807) is 0 Å². The van der Waals surface area contributed by atoms with E-state index in [2.05, 4.69) is 10.6 Å². The molecule has 2 N–H and O–H groups in total. The van der Waals surface area contributed by atoms with E-state index < -0.39 is 0 Å². The monoisotopic (exact) mass is 328 g/mol. The molecule has 23 heavy (non-hydrogen) atoms. The standard InChI is InChI=1S/C15H24N2O6/c18-13(11-1-3-16-7-14(5-11)9-19-22-14)21-12-2-4-17-8-15(6-12)10-20-23-15/h11-12,16-17H,1-10H2. The molecule has 0 radical (unpaired) electrons. The average Bonchev–Trinajstić information content (AvgIpc) is 2.82. The largest absolute Gasteiger partial charge is 0.462 e. The van der Waals surface area contributed by atoms with Gasteiger partial charge in [-0.1, -0.05) is 0 Å². The molecule has 4 rings (SSSR count). The van der Waals surface area contributed by atoms with Gasteiger partial charge in [0.25, 0.3) is 0 Å². The number of carbonyl (C=O) groups excluding carboxylic acids is 1. The van der Waals surface area contributed by atoms with Crippen LogP contribution in [0.2, 0.25) is 0 Å². The van der Waals surface area contributed by atoms with Crippen LogP contribution in [-0.2, 0) is 29.1 Å². The fourth-order valence-electron chi connectivity index (χ4n) is 3.74. The van der Waals surface area contributed by atoms with E-state index in [0.29, 0.717) is 26.1 Å².